The van der Waals surface area contributed by atoms with Crippen molar-refractivity contribution >= 4 is 0 Å². The summed E-state index contributed by atoms with van der Waals surface area (Å²) in [4.78, 5) is 2.27. The monoisotopic (exact) mass is 307 g/mol. The molecule has 1 aromatic carbocycles. The Balaban J connectivity index is 1.88. The van der Waals surface area contributed by atoms with Crippen LogP contribution in [-0.2, 0) is 9.47 Å². The van der Waals surface area contributed by atoms with E-state index in [1.165, 1.54) is 5.56 Å². The van der Waals surface area contributed by atoms with Crippen LogP contribution in [0.5, 0.6) is 0 Å². The highest BCUT2D eigenvalue weighted by Crippen LogP contribution is 2.25. The lowest BCUT2D eigenvalue weighted by molar-refractivity contribution is -0.0999. The van der Waals surface area contributed by atoms with Gasteiger partial charge in [0, 0.05) is 19.6 Å². The van der Waals surface area contributed by atoms with Crippen LogP contribution in [0.4, 0.5) is 0 Å². The van der Waals surface area contributed by atoms with Crippen molar-refractivity contribution < 1.29 is 14.6 Å². The Bertz CT molecular complexity index is 443. The van der Waals surface area contributed by atoms with E-state index in [0.717, 1.165) is 13.1 Å². The minimum atomic E-state index is -0.471. The van der Waals surface area contributed by atoms with E-state index in [-0.39, 0.29) is 17.8 Å². The zero-order chi connectivity index (χ0) is 16.2. The quantitative estimate of drug-likeness (QED) is 0.908. The van der Waals surface area contributed by atoms with Crippen molar-refractivity contribution in [3.63, 3.8) is 0 Å². The summed E-state index contributed by atoms with van der Waals surface area (Å²) in [5, 5.41) is 10.2. The van der Waals surface area contributed by atoms with Gasteiger partial charge in [0.2, 0.25) is 0 Å². The van der Waals surface area contributed by atoms with Crippen LogP contribution in [0.3, 0.4) is 0 Å². The summed E-state index contributed by atoms with van der Waals surface area (Å²) in [6, 6.07) is 10.3. The van der Waals surface area contributed by atoms with Gasteiger partial charge in [0.05, 0.1) is 30.5 Å². The van der Waals surface area contributed by atoms with Crippen molar-refractivity contribution in [2.24, 2.45) is 0 Å². The van der Waals surface area contributed by atoms with Crippen LogP contribution in [0.25, 0.3) is 0 Å². The van der Waals surface area contributed by atoms with Crippen molar-refractivity contribution in [3.05, 3.63) is 35.9 Å². The van der Waals surface area contributed by atoms with Gasteiger partial charge < -0.3 is 14.6 Å². The molecular formula is C18H29NO3. The van der Waals surface area contributed by atoms with Crippen LogP contribution in [0.15, 0.2) is 30.3 Å². The molecule has 1 N–H and O–H groups in total. The Kier molecular flexibility index (Phi) is 5.98. The molecule has 0 saturated carbocycles. The van der Waals surface area contributed by atoms with Crippen LogP contribution in [0.1, 0.15) is 39.4 Å². The minimum Gasteiger partial charge on any atom is -0.389 e. The Morgan fingerprint density at radius 1 is 1.27 bits per heavy atom. The Labute approximate surface area is 134 Å². The van der Waals surface area contributed by atoms with Gasteiger partial charge in [-0.2, -0.15) is 0 Å². The van der Waals surface area contributed by atoms with E-state index < -0.39 is 6.10 Å². The summed E-state index contributed by atoms with van der Waals surface area (Å²) in [5.74, 6) is 0. The van der Waals surface area contributed by atoms with Crippen molar-refractivity contribution in [2.75, 3.05) is 26.2 Å². The number of benzene rings is 1. The number of morpholine rings is 1. The molecule has 1 heterocycles. The minimum absolute atomic E-state index is 0.0701. The van der Waals surface area contributed by atoms with E-state index in [0.29, 0.717) is 13.2 Å². The maximum Gasteiger partial charge on any atom is 0.0956 e. The Hall–Kier alpha value is -0.940. The second-order valence-electron chi connectivity index (χ2n) is 7.14. The van der Waals surface area contributed by atoms with E-state index in [1.807, 2.05) is 39.0 Å². The van der Waals surface area contributed by atoms with E-state index in [9.17, 15) is 5.11 Å². The van der Waals surface area contributed by atoms with E-state index in [4.69, 9.17) is 9.47 Å². The summed E-state index contributed by atoms with van der Waals surface area (Å²) in [6.45, 7) is 10.7. The fourth-order valence-electron chi connectivity index (χ4n) is 2.74. The molecule has 2 rings (SSSR count). The van der Waals surface area contributed by atoms with E-state index in [2.05, 4.69) is 24.0 Å². The molecule has 0 spiro atoms. The first-order valence-electron chi connectivity index (χ1n) is 8.08. The van der Waals surface area contributed by atoms with Crippen LogP contribution in [0, 0.1) is 0 Å². The summed E-state index contributed by atoms with van der Waals surface area (Å²) in [6.07, 6.45) is -0.240. The molecule has 0 aliphatic carbocycles. The zero-order valence-corrected chi connectivity index (χ0v) is 14.2. The molecule has 0 radical (unpaired) electrons. The predicted molar refractivity (Wildman–Crippen MR) is 87.9 cm³/mol. The lowest BCUT2D eigenvalue weighted by Gasteiger charge is -2.38. The number of ether oxygens (including phenoxy) is 2. The fourth-order valence-corrected chi connectivity index (χ4v) is 2.74. The summed E-state index contributed by atoms with van der Waals surface area (Å²) < 4.78 is 11.7. The number of hydrogen-bond donors (Lipinski definition) is 1. The van der Waals surface area contributed by atoms with Crippen molar-refractivity contribution in [3.8, 4) is 0 Å². The predicted octanol–water partition coefficient (Wildman–Crippen LogP) is 2.62. The van der Waals surface area contributed by atoms with E-state index >= 15 is 0 Å². The Morgan fingerprint density at radius 3 is 2.59 bits per heavy atom. The zero-order valence-electron chi connectivity index (χ0n) is 14.2. The van der Waals surface area contributed by atoms with E-state index in [1.54, 1.807) is 0 Å². The van der Waals surface area contributed by atoms with Gasteiger partial charge in [-0.15, -0.1) is 0 Å². The standard InChI is InChI=1S/C18H29NO3/c1-14-10-19(11-16(20)13-21-18(2,3)4)12-17(22-14)15-8-6-5-7-9-15/h5-9,14,16-17,20H,10-13H2,1-4H3. The summed E-state index contributed by atoms with van der Waals surface area (Å²) in [7, 11) is 0. The second-order valence-corrected chi connectivity index (χ2v) is 7.14. The topological polar surface area (TPSA) is 41.9 Å². The van der Waals surface area contributed by atoms with Gasteiger partial charge >= 0.3 is 0 Å². The molecular weight excluding hydrogens is 278 g/mol. The SMILES string of the molecule is CC1CN(CC(O)COC(C)(C)C)CC(c2ccccc2)O1. The third-order valence-corrected chi connectivity index (χ3v) is 3.68. The molecule has 1 aliphatic rings. The molecule has 1 aliphatic heterocycles. The average molecular weight is 307 g/mol. The Morgan fingerprint density at radius 2 is 1.95 bits per heavy atom. The number of rotatable bonds is 5. The van der Waals surface area contributed by atoms with Gasteiger partial charge in [-0.3, -0.25) is 4.90 Å². The molecule has 1 aromatic rings. The van der Waals surface area contributed by atoms with Crippen LogP contribution < -0.4 is 0 Å². The maximum absolute atomic E-state index is 10.2. The highest BCUT2D eigenvalue weighted by atomic mass is 16.5. The van der Waals surface area contributed by atoms with Gasteiger partial charge in [-0.1, -0.05) is 30.3 Å². The molecule has 0 bridgehead atoms. The van der Waals surface area contributed by atoms with Crippen molar-refractivity contribution in [2.45, 2.75) is 51.6 Å². The normalized spacial score (nSPS) is 25.1. The molecule has 0 aromatic heterocycles. The number of β-amino-alcohol motifs (C(OH)–C–C–N with tert-alkyl or cyclic N) is 1. The smallest absolute Gasteiger partial charge is 0.0956 e. The maximum atomic E-state index is 10.2. The molecule has 4 nitrogen and oxygen atoms in total. The van der Waals surface area contributed by atoms with Gasteiger partial charge in [0.15, 0.2) is 0 Å². The van der Waals surface area contributed by atoms with Crippen LogP contribution in [-0.4, -0.2) is 54.1 Å². The molecule has 1 saturated heterocycles. The molecule has 0 amide bonds. The number of aliphatic hydroxyl groups is 1. The third-order valence-electron chi connectivity index (χ3n) is 3.68. The molecule has 4 heteroatoms. The summed E-state index contributed by atoms with van der Waals surface area (Å²) in [5.41, 5.74) is 0.978. The summed E-state index contributed by atoms with van der Waals surface area (Å²) >= 11 is 0. The van der Waals surface area contributed by atoms with Crippen LogP contribution >= 0.6 is 0 Å². The number of hydrogen-bond acceptors (Lipinski definition) is 4. The molecule has 124 valence electrons. The highest BCUT2D eigenvalue weighted by molar-refractivity contribution is 5.18. The van der Waals surface area contributed by atoms with Gasteiger partial charge in [0.25, 0.3) is 0 Å². The first-order chi connectivity index (χ1) is 10.3. The van der Waals surface area contributed by atoms with Crippen LogP contribution in [0.2, 0.25) is 0 Å². The lowest BCUT2D eigenvalue weighted by atomic mass is 10.1. The second kappa shape index (κ2) is 7.55. The first kappa shape index (κ1) is 17.4. The van der Waals surface area contributed by atoms with Gasteiger partial charge in [0.1, 0.15) is 0 Å². The van der Waals surface area contributed by atoms with Gasteiger partial charge in [-0.25, -0.2) is 0 Å². The van der Waals surface area contributed by atoms with Gasteiger partial charge in [-0.05, 0) is 33.3 Å². The average Bonchev–Trinajstić information content (AvgIpc) is 2.45. The largest absolute Gasteiger partial charge is 0.389 e. The lowest BCUT2D eigenvalue weighted by Crippen LogP contribution is -2.47. The number of nitrogens with zero attached hydrogens (tertiary/aromatic N) is 1. The van der Waals surface area contributed by atoms with Crippen molar-refractivity contribution in [1.29, 1.82) is 0 Å². The number of aliphatic hydroxyl groups excluding tert-OH is 1. The molecule has 3 atom stereocenters. The molecule has 3 unspecified atom stereocenters. The fraction of sp³-hybridized carbons (Fsp3) is 0.667. The highest BCUT2D eigenvalue weighted by Gasteiger charge is 2.27. The first-order valence-corrected chi connectivity index (χ1v) is 8.08. The molecule has 1 fully saturated rings. The third kappa shape index (κ3) is 5.69. The van der Waals surface area contributed by atoms with Crippen molar-refractivity contribution in [1.82, 2.24) is 4.90 Å². The molecule has 22 heavy (non-hydrogen) atoms.